The predicted octanol–water partition coefficient (Wildman–Crippen LogP) is 2.85. The fourth-order valence-electron chi connectivity index (χ4n) is 2.04. The fourth-order valence-corrected chi connectivity index (χ4v) is 2.04. The monoisotopic (exact) mass is 254 g/mol. The molecule has 1 N–H and O–H groups in total. The molecule has 1 aromatic carbocycles. The van der Waals surface area contributed by atoms with Crippen molar-refractivity contribution in [3.8, 4) is 0 Å². The van der Waals surface area contributed by atoms with Gasteiger partial charge in [0.25, 0.3) is 0 Å². The van der Waals surface area contributed by atoms with Gasteiger partial charge in [-0.25, -0.2) is 0 Å². The minimum atomic E-state index is 0.569. The zero-order valence-electron chi connectivity index (χ0n) is 10.8. The van der Waals surface area contributed by atoms with Gasteiger partial charge in [0.05, 0.1) is 12.2 Å². The maximum Gasteiger partial charge on any atom is 0.156 e. The lowest BCUT2D eigenvalue weighted by Gasteiger charge is -2.07. The van der Waals surface area contributed by atoms with Crippen molar-refractivity contribution in [1.82, 2.24) is 15.4 Å². The number of hydrogen-bond acceptors (Lipinski definition) is 5. The summed E-state index contributed by atoms with van der Waals surface area (Å²) >= 11 is 0. The van der Waals surface area contributed by atoms with Gasteiger partial charge in [-0.1, -0.05) is 29.4 Å². The van der Waals surface area contributed by atoms with Crippen molar-refractivity contribution < 1.29 is 4.52 Å². The Kier molecular flexibility index (Phi) is 2.87. The second-order valence-corrected chi connectivity index (χ2v) is 4.46. The van der Waals surface area contributed by atoms with Crippen LogP contribution in [0.15, 0.2) is 34.9 Å². The zero-order chi connectivity index (χ0) is 13.2. The Morgan fingerprint density at radius 2 is 1.89 bits per heavy atom. The molecule has 3 aromatic rings. The number of rotatable bonds is 3. The van der Waals surface area contributed by atoms with Gasteiger partial charge in [-0.3, -0.25) is 0 Å². The molecule has 2 aromatic heterocycles. The van der Waals surface area contributed by atoms with E-state index in [1.807, 2.05) is 44.2 Å². The molecule has 5 heteroatoms. The van der Waals surface area contributed by atoms with Crippen LogP contribution in [-0.2, 0) is 6.54 Å². The van der Waals surface area contributed by atoms with Crippen molar-refractivity contribution in [1.29, 1.82) is 0 Å². The van der Waals surface area contributed by atoms with Crippen LogP contribution >= 0.6 is 0 Å². The molecule has 0 aliphatic heterocycles. The summed E-state index contributed by atoms with van der Waals surface area (Å²) in [5, 5.41) is 17.7. The number of aryl methyl sites for hydroxylation is 2. The Bertz CT molecular complexity index is 720. The smallest absolute Gasteiger partial charge is 0.156 e. The molecular formula is C14H14N4O. The first kappa shape index (κ1) is 11.6. The Hall–Kier alpha value is -2.43. The van der Waals surface area contributed by atoms with E-state index >= 15 is 0 Å². The topological polar surface area (TPSA) is 63.8 Å². The van der Waals surface area contributed by atoms with E-state index in [1.54, 1.807) is 0 Å². The lowest BCUT2D eigenvalue weighted by molar-refractivity contribution is 0.391. The molecule has 96 valence electrons. The SMILES string of the molecule is Cc1cc(CNc2nnc(C)c3ccccc23)no1. The van der Waals surface area contributed by atoms with Crippen molar-refractivity contribution in [2.24, 2.45) is 0 Å². The van der Waals surface area contributed by atoms with Gasteiger partial charge < -0.3 is 9.84 Å². The van der Waals surface area contributed by atoms with E-state index in [2.05, 4.69) is 20.7 Å². The van der Waals surface area contributed by atoms with Gasteiger partial charge in [0.1, 0.15) is 11.5 Å². The molecule has 19 heavy (non-hydrogen) atoms. The average molecular weight is 254 g/mol. The highest BCUT2D eigenvalue weighted by Crippen LogP contribution is 2.22. The molecule has 0 spiro atoms. The van der Waals surface area contributed by atoms with Crippen molar-refractivity contribution in [2.45, 2.75) is 20.4 Å². The number of aromatic nitrogens is 3. The van der Waals surface area contributed by atoms with Crippen molar-refractivity contribution in [2.75, 3.05) is 5.32 Å². The van der Waals surface area contributed by atoms with E-state index in [-0.39, 0.29) is 0 Å². The van der Waals surface area contributed by atoms with Crippen molar-refractivity contribution >= 4 is 16.6 Å². The van der Waals surface area contributed by atoms with Crippen LogP contribution in [0, 0.1) is 13.8 Å². The van der Waals surface area contributed by atoms with Crippen LogP contribution in [0.2, 0.25) is 0 Å². The minimum Gasteiger partial charge on any atom is -0.362 e. The van der Waals surface area contributed by atoms with Crippen LogP contribution in [0.25, 0.3) is 10.8 Å². The van der Waals surface area contributed by atoms with Crippen LogP contribution in [-0.4, -0.2) is 15.4 Å². The molecule has 0 aliphatic rings. The van der Waals surface area contributed by atoms with Crippen LogP contribution in [0.4, 0.5) is 5.82 Å². The van der Waals surface area contributed by atoms with Crippen molar-refractivity contribution in [3.63, 3.8) is 0 Å². The van der Waals surface area contributed by atoms with Crippen LogP contribution in [0.5, 0.6) is 0 Å². The molecule has 5 nitrogen and oxygen atoms in total. The summed E-state index contributed by atoms with van der Waals surface area (Å²) in [7, 11) is 0. The lowest BCUT2D eigenvalue weighted by Crippen LogP contribution is -2.04. The van der Waals surface area contributed by atoms with Gasteiger partial charge in [-0.15, -0.1) is 5.10 Å². The number of hydrogen-bond donors (Lipinski definition) is 1. The summed E-state index contributed by atoms with van der Waals surface area (Å²) in [6.07, 6.45) is 0. The molecule has 0 aliphatic carbocycles. The van der Waals surface area contributed by atoms with Gasteiger partial charge in [0, 0.05) is 16.8 Å². The second kappa shape index (κ2) is 4.68. The van der Waals surface area contributed by atoms with Gasteiger partial charge >= 0.3 is 0 Å². The van der Waals surface area contributed by atoms with Gasteiger partial charge in [-0.05, 0) is 13.8 Å². The highest BCUT2D eigenvalue weighted by Gasteiger charge is 2.07. The molecule has 2 heterocycles. The number of nitrogens with one attached hydrogen (secondary N) is 1. The normalized spacial score (nSPS) is 10.8. The Labute approximate surface area is 110 Å². The number of anilines is 1. The molecule has 0 amide bonds. The number of benzene rings is 1. The molecule has 0 saturated carbocycles. The van der Waals surface area contributed by atoms with Gasteiger partial charge in [0.15, 0.2) is 5.82 Å². The highest BCUT2D eigenvalue weighted by molar-refractivity contribution is 5.92. The molecular weight excluding hydrogens is 240 g/mol. The Morgan fingerprint density at radius 1 is 1.11 bits per heavy atom. The van der Waals surface area contributed by atoms with E-state index in [0.717, 1.165) is 33.7 Å². The number of nitrogens with zero attached hydrogens (tertiary/aromatic N) is 3. The van der Waals surface area contributed by atoms with E-state index in [0.29, 0.717) is 6.54 Å². The Balaban J connectivity index is 1.91. The molecule has 0 unspecified atom stereocenters. The van der Waals surface area contributed by atoms with Crippen LogP contribution in [0.3, 0.4) is 0 Å². The third kappa shape index (κ3) is 2.27. The molecule has 0 radical (unpaired) electrons. The lowest BCUT2D eigenvalue weighted by atomic mass is 10.1. The van der Waals surface area contributed by atoms with E-state index < -0.39 is 0 Å². The predicted molar refractivity (Wildman–Crippen MR) is 72.8 cm³/mol. The third-order valence-electron chi connectivity index (χ3n) is 2.99. The third-order valence-corrected chi connectivity index (χ3v) is 2.99. The summed E-state index contributed by atoms with van der Waals surface area (Å²) in [5.41, 5.74) is 1.78. The summed E-state index contributed by atoms with van der Waals surface area (Å²) in [5.74, 6) is 1.57. The largest absolute Gasteiger partial charge is 0.362 e. The average Bonchev–Trinajstić information content (AvgIpc) is 2.84. The standard InChI is InChI=1S/C14H14N4O/c1-9-7-11(18-19-9)8-15-14-13-6-4-3-5-12(13)10(2)16-17-14/h3-7H,8H2,1-2H3,(H,15,17). The maximum absolute atomic E-state index is 5.03. The first-order valence-corrected chi connectivity index (χ1v) is 6.12. The van der Waals surface area contributed by atoms with Gasteiger partial charge in [-0.2, -0.15) is 5.10 Å². The summed E-state index contributed by atoms with van der Waals surface area (Å²) in [6, 6.07) is 9.98. The van der Waals surface area contributed by atoms with E-state index in [4.69, 9.17) is 4.52 Å². The quantitative estimate of drug-likeness (QED) is 0.778. The maximum atomic E-state index is 5.03. The van der Waals surface area contributed by atoms with Crippen molar-refractivity contribution in [3.05, 3.63) is 47.5 Å². The minimum absolute atomic E-state index is 0.569. The molecule has 0 saturated heterocycles. The molecule has 0 fully saturated rings. The Morgan fingerprint density at radius 3 is 2.63 bits per heavy atom. The zero-order valence-corrected chi connectivity index (χ0v) is 10.8. The second-order valence-electron chi connectivity index (χ2n) is 4.46. The first-order valence-electron chi connectivity index (χ1n) is 6.12. The van der Waals surface area contributed by atoms with E-state index in [9.17, 15) is 0 Å². The van der Waals surface area contributed by atoms with E-state index in [1.165, 1.54) is 0 Å². The highest BCUT2D eigenvalue weighted by atomic mass is 16.5. The fraction of sp³-hybridized carbons (Fsp3) is 0.214. The van der Waals surface area contributed by atoms with Crippen LogP contribution < -0.4 is 5.32 Å². The summed E-state index contributed by atoms with van der Waals surface area (Å²) in [4.78, 5) is 0. The molecule has 0 bridgehead atoms. The van der Waals surface area contributed by atoms with Gasteiger partial charge in [0.2, 0.25) is 0 Å². The first-order chi connectivity index (χ1) is 9.24. The van der Waals surface area contributed by atoms with Crippen LogP contribution in [0.1, 0.15) is 17.1 Å². The number of fused-ring (bicyclic) bond motifs is 1. The summed E-state index contributed by atoms with van der Waals surface area (Å²) in [6.45, 7) is 4.40. The molecule has 0 atom stereocenters. The summed E-state index contributed by atoms with van der Waals surface area (Å²) < 4.78 is 5.03. The molecule has 3 rings (SSSR count).